The third-order valence-corrected chi connectivity index (χ3v) is 7.13. The highest BCUT2D eigenvalue weighted by molar-refractivity contribution is 6.32. The van der Waals surface area contributed by atoms with Crippen LogP contribution in [0.3, 0.4) is 0 Å². The summed E-state index contributed by atoms with van der Waals surface area (Å²) in [7, 11) is 1.34. The maximum absolute atomic E-state index is 14.6. The molecular formula is C25H22ClF2N5O2. The molecule has 7 nitrogen and oxygen atoms in total. The average molecular weight is 498 g/mol. The highest BCUT2D eigenvalue weighted by atomic mass is 35.5. The topological polar surface area (TPSA) is 63.8 Å². The summed E-state index contributed by atoms with van der Waals surface area (Å²) < 4.78 is 35.3. The number of nitrogens with one attached hydrogen (secondary N) is 1. The average Bonchev–Trinajstić information content (AvgIpc) is 3.50. The first-order chi connectivity index (χ1) is 16.9. The van der Waals surface area contributed by atoms with Gasteiger partial charge in [0.25, 0.3) is 5.56 Å². The monoisotopic (exact) mass is 497 g/mol. The third kappa shape index (κ3) is 4.03. The number of rotatable bonds is 4. The SMILES string of the molecule is [C-]#[N+]c1ccc(-c2nc(N3CCC4(CCNC4)C3)c(Cl)c(=O)n2-c2ccc(OC)c(F)c2)cc1F. The Balaban J connectivity index is 1.70. The van der Waals surface area contributed by atoms with E-state index in [4.69, 9.17) is 27.9 Å². The molecule has 0 aliphatic carbocycles. The number of aromatic nitrogens is 2. The van der Waals surface area contributed by atoms with E-state index in [-0.39, 0.29) is 38.9 Å². The molecule has 0 saturated carbocycles. The van der Waals surface area contributed by atoms with Gasteiger partial charge in [0.15, 0.2) is 17.4 Å². The van der Waals surface area contributed by atoms with Crippen LogP contribution < -0.4 is 20.5 Å². The van der Waals surface area contributed by atoms with Gasteiger partial charge in [0.2, 0.25) is 5.69 Å². The molecule has 1 unspecified atom stereocenters. The van der Waals surface area contributed by atoms with Gasteiger partial charge >= 0.3 is 0 Å². The molecule has 3 heterocycles. The maximum atomic E-state index is 14.6. The van der Waals surface area contributed by atoms with Crippen LogP contribution >= 0.6 is 11.6 Å². The Morgan fingerprint density at radius 1 is 1.20 bits per heavy atom. The zero-order valence-corrected chi connectivity index (χ0v) is 19.7. The summed E-state index contributed by atoms with van der Waals surface area (Å²) in [6.45, 7) is 10.3. The van der Waals surface area contributed by atoms with Gasteiger partial charge in [0.1, 0.15) is 16.7 Å². The molecule has 1 atom stereocenters. The molecule has 5 rings (SSSR count). The quantitative estimate of drug-likeness (QED) is 0.535. The number of hydrogen-bond acceptors (Lipinski definition) is 5. The van der Waals surface area contributed by atoms with Gasteiger partial charge in [0.05, 0.1) is 19.4 Å². The van der Waals surface area contributed by atoms with Crippen molar-refractivity contribution in [1.82, 2.24) is 14.9 Å². The van der Waals surface area contributed by atoms with Gasteiger partial charge in [-0.15, -0.1) is 0 Å². The minimum atomic E-state index is -0.743. The Kier molecular flexibility index (Phi) is 5.95. The van der Waals surface area contributed by atoms with Crippen LogP contribution in [0.25, 0.3) is 21.9 Å². The van der Waals surface area contributed by atoms with Crippen molar-refractivity contribution in [2.75, 3.05) is 38.2 Å². The second-order valence-corrected chi connectivity index (χ2v) is 9.29. The van der Waals surface area contributed by atoms with E-state index in [1.165, 1.54) is 31.4 Å². The van der Waals surface area contributed by atoms with Gasteiger partial charge in [-0.2, -0.15) is 0 Å². The number of anilines is 1. The predicted octanol–water partition coefficient (Wildman–Crippen LogP) is 4.58. The Hall–Kier alpha value is -3.48. The van der Waals surface area contributed by atoms with Gasteiger partial charge < -0.3 is 15.0 Å². The Labute approximate surface area is 205 Å². The van der Waals surface area contributed by atoms with Crippen LogP contribution in [0.15, 0.2) is 41.2 Å². The zero-order chi connectivity index (χ0) is 24.7. The van der Waals surface area contributed by atoms with Crippen molar-refractivity contribution >= 4 is 23.1 Å². The molecule has 10 heteroatoms. The molecule has 2 aliphatic heterocycles. The Morgan fingerprint density at radius 3 is 2.69 bits per heavy atom. The molecule has 0 radical (unpaired) electrons. The molecule has 0 bridgehead atoms. The van der Waals surface area contributed by atoms with Crippen molar-refractivity contribution in [2.45, 2.75) is 12.8 Å². The number of methoxy groups -OCH3 is 1. The van der Waals surface area contributed by atoms with Crippen LogP contribution in [0.2, 0.25) is 5.02 Å². The minimum absolute atomic E-state index is 0.0130. The molecule has 1 spiro atoms. The first-order valence-corrected chi connectivity index (χ1v) is 11.5. The first-order valence-electron chi connectivity index (χ1n) is 11.2. The number of hydrogen-bond donors (Lipinski definition) is 1. The summed E-state index contributed by atoms with van der Waals surface area (Å²) >= 11 is 6.57. The Morgan fingerprint density at radius 2 is 2.03 bits per heavy atom. The number of ether oxygens (including phenoxy) is 1. The van der Waals surface area contributed by atoms with Crippen molar-refractivity contribution in [3.05, 3.63) is 74.8 Å². The lowest BCUT2D eigenvalue weighted by Gasteiger charge is -2.25. The molecular weight excluding hydrogens is 476 g/mol. The maximum Gasteiger partial charge on any atom is 0.279 e. The summed E-state index contributed by atoms with van der Waals surface area (Å²) in [5.74, 6) is -0.991. The number of nitrogens with zero attached hydrogens (tertiary/aromatic N) is 4. The van der Waals surface area contributed by atoms with E-state index >= 15 is 0 Å². The second-order valence-electron chi connectivity index (χ2n) is 8.91. The zero-order valence-electron chi connectivity index (χ0n) is 18.9. The van der Waals surface area contributed by atoms with Crippen molar-refractivity contribution in [1.29, 1.82) is 0 Å². The van der Waals surface area contributed by atoms with Crippen LogP contribution in [-0.4, -0.2) is 42.8 Å². The molecule has 35 heavy (non-hydrogen) atoms. The molecule has 2 saturated heterocycles. The van der Waals surface area contributed by atoms with Gasteiger partial charge in [0, 0.05) is 36.7 Å². The fourth-order valence-corrected chi connectivity index (χ4v) is 5.17. The van der Waals surface area contributed by atoms with Crippen LogP contribution in [-0.2, 0) is 0 Å². The van der Waals surface area contributed by atoms with E-state index in [2.05, 4.69) is 10.2 Å². The Bertz CT molecular complexity index is 1410. The van der Waals surface area contributed by atoms with Crippen LogP contribution in [0.1, 0.15) is 12.8 Å². The van der Waals surface area contributed by atoms with E-state index in [1.54, 1.807) is 0 Å². The predicted molar refractivity (Wildman–Crippen MR) is 130 cm³/mol. The lowest BCUT2D eigenvalue weighted by atomic mass is 9.87. The number of benzene rings is 2. The summed E-state index contributed by atoms with van der Waals surface area (Å²) in [4.78, 5) is 23.5. The van der Waals surface area contributed by atoms with Crippen molar-refractivity contribution in [2.24, 2.45) is 5.41 Å². The van der Waals surface area contributed by atoms with Gasteiger partial charge in [-0.3, -0.25) is 9.36 Å². The normalized spacial score (nSPS) is 19.3. The molecule has 2 aromatic carbocycles. The van der Waals surface area contributed by atoms with E-state index in [1.807, 2.05) is 4.90 Å². The highest BCUT2D eigenvalue weighted by Gasteiger charge is 2.41. The lowest BCUT2D eigenvalue weighted by molar-refractivity contribution is 0.369. The fraction of sp³-hybridized carbons (Fsp3) is 0.320. The van der Waals surface area contributed by atoms with Gasteiger partial charge in [-0.1, -0.05) is 23.7 Å². The largest absolute Gasteiger partial charge is 0.494 e. The smallest absolute Gasteiger partial charge is 0.279 e. The van der Waals surface area contributed by atoms with E-state index in [0.717, 1.165) is 42.6 Å². The molecule has 180 valence electrons. The van der Waals surface area contributed by atoms with Crippen molar-refractivity contribution in [3.63, 3.8) is 0 Å². The van der Waals surface area contributed by atoms with Crippen LogP contribution in [0.5, 0.6) is 5.75 Å². The van der Waals surface area contributed by atoms with Gasteiger partial charge in [-0.25, -0.2) is 18.6 Å². The molecule has 0 amide bonds. The summed E-state index contributed by atoms with van der Waals surface area (Å²) in [5, 5.41) is 3.30. The molecule has 1 aromatic heterocycles. The van der Waals surface area contributed by atoms with Crippen molar-refractivity contribution < 1.29 is 13.5 Å². The van der Waals surface area contributed by atoms with Crippen LogP contribution in [0.4, 0.5) is 20.3 Å². The standard InChI is InChI=1S/C25H22ClF2N5O2/c1-29-19-5-3-15(11-17(19)27)22-31-23(32-10-8-25(14-32)7-9-30-13-25)21(26)24(34)33(22)16-4-6-20(35-2)18(28)12-16/h3-6,11-12,30H,7-10,13-14H2,2H3. The minimum Gasteiger partial charge on any atom is -0.494 e. The molecule has 2 aliphatic rings. The van der Waals surface area contributed by atoms with Crippen LogP contribution in [0, 0.1) is 23.6 Å². The second kappa shape index (κ2) is 8.95. The van der Waals surface area contributed by atoms with E-state index in [9.17, 15) is 13.6 Å². The highest BCUT2D eigenvalue weighted by Crippen LogP contribution is 2.40. The van der Waals surface area contributed by atoms with E-state index < -0.39 is 17.2 Å². The summed E-state index contributed by atoms with van der Waals surface area (Å²) in [5.41, 5.74) is -0.226. The van der Waals surface area contributed by atoms with E-state index in [0.29, 0.717) is 18.9 Å². The third-order valence-electron chi connectivity index (χ3n) is 6.80. The summed E-state index contributed by atoms with van der Waals surface area (Å²) in [6.07, 6.45) is 1.97. The van der Waals surface area contributed by atoms with Gasteiger partial charge in [-0.05, 0) is 37.6 Å². The number of halogens is 3. The molecule has 2 fully saturated rings. The first kappa shape index (κ1) is 23.3. The summed E-state index contributed by atoms with van der Waals surface area (Å²) in [6, 6.07) is 8.02. The molecule has 3 aromatic rings. The lowest BCUT2D eigenvalue weighted by Crippen LogP contribution is -2.32. The van der Waals surface area contributed by atoms with Crippen molar-refractivity contribution in [3.8, 4) is 22.8 Å². The fourth-order valence-electron chi connectivity index (χ4n) is 4.92. The molecule has 1 N–H and O–H groups in total.